The van der Waals surface area contributed by atoms with Gasteiger partial charge in [0.1, 0.15) is 12.7 Å². The molecule has 0 fully saturated rings. The molecule has 7 heteroatoms. The molecule has 1 rings (SSSR count). The Labute approximate surface area is 93.5 Å². The van der Waals surface area contributed by atoms with E-state index in [0.29, 0.717) is 5.56 Å². The highest BCUT2D eigenvalue weighted by Crippen LogP contribution is 2.24. The maximum absolute atomic E-state index is 12.4. The molecule has 0 aromatic carbocycles. The lowest BCUT2D eigenvalue weighted by Gasteiger charge is -2.16. The monoisotopic (exact) mass is 258 g/mol. The van der Waals surface area contributed by atoms with E-state index in [1.54, 1.807) is 16.8 Å². The summed E-state index contributed by atoms with van der Waals surface area (Å²) in [7, 11) is 0. The van der Waals surface area contributed by atoms with E-state index in [4.69, 9.17) is 0 Å². The van der Waals surface area contributed by atoms with Gasteiger partial charge in [0.05, 0.1) is 6.61 Å². The average Bonchev–Trinajstić information content (AvgIpc) is 2.69. The predicted molar refractivity (Wildman–Crippen MR) is 51.0 cm³/mol. The van der Waals surface area contributed by atoms with Crippen molar-refractivity contribution in [1.82, 2.24) is 0 Å². The van der Waals surface area contributed by atoms with Gasteiger partial charge in [-0.3, -0.25) is 0 Å². The standard InChI is InChI=1S/C9H10F4O2S/c10-8(11)9(12,13)5-15-3-7(14)6-1-2-16-4-6/h1-2,4,7-8,14H,3,5H2. The lowest BCUT2D eigenvalue weighted by molar-refractivity contribution is -0.170. The van der Waals surface area contributed by atoms with E-state index in [-0.39, 0.29) is 0 Å². The predicted octanol–water partition coefficient (Wildman–Crippen LogP) is 2.70. The van der Waals surface area contributed by atoms with Crippen molar-refractivity contribution in [1.29, 1.82) is 0 Å². The van der Waals surface area contributed by atoms with Crippen molar-refractivity contribution >= 4 is 11.3 Å². The quantitative estimate of drug-likeness (QED) is 0.795. The molecule has 0 saturated carbocycles. The summed E-state index contributed by atoms with van der Waals surface area (Å²) in [5, 5.41) is 12.7. The Morgan fingerprint density at radius 3 is 2.62 bits per heavy atom. The third-order valence-electron chi connectivity index (χ3n) is 1.82. The van der Waals surface area contributed by atoms with Crippen molar-refractivity contribution in [3.63, 3.8) is 0 Å². The molecule has 1 atom stereocenters. The van der Waals surface area contributed by atoms with Gasteiger partial charge in [-0.15, -0.1) is 0 Å². The van der Waals surface area contributed by atoms with E-state index in [9.17, 15) is 22.7 Å². The molecule has 0 radical (unpaired) electrons. The van der Waals surface area contributed by atoms with Crippen molar-refractivity contribution < 1.29 is 27.4 Å². The molecule has 2 nitrogen and oxygen atoms in total. The first kappa shape index (κ1) is 13.4. The molecule has 1 unspecified atom stereocenters. The summed E-state index contributed by atoms with van der Waals surface area (Å²) < 4.78 is 52.6. The molecule has 0 bridgehead atoms. The molecular weight excluding hydrogens is 248 g/mol. The van der Waals surface area contributed by atoms with Gasteiger partial charge in [-0.05, 0) is 22.4 Å². The van der Waals surface area contributed by atoms with E-state index in [1.807, 2.05) is 0 Å². The lowest BCUT2D eigenvalue weighted by Crippen LogP contribution is -2.33. The van der Waals surface area contributed by atoms with Crippen molar-refractivity contribution in [2.45, 2.75) is 18.5 Å². The number of aliphatic hydroxyl groups excluding tert-OH is 1. The highest BCUT2D eigenvalue weighted by atomic mass is 32.1. The van der Waals surface area contributed by atoms with Crippen LogP contribution in [-0.2, 0) is 4.74 Å². The molecular formula is C9H10F4O2S. The minimum absolute atomic E-state index is 0.432. The first-order chi connectivity index (χ1) is 7.43. The largest absolute Gasteiger partial charge is 0.386 e. The molecule has 0 spiro atoms. The Bertz CT molecular complexity index is 302. The summed E-state index contributed by atoms with van der Waals surface area (Å²) in [5.41, 5.74) is 0.519. The lowest BCUT2D eigenvalue weighted by atomic mass is 10.2. The third-order valence-corrected chi connectivity index (χ3v) is 2.52. The maximum atomic E-state index is 12.4. The number of hydrogen-bond acceptors (Lipinski definition) is 3. The molecule has 0 saturated heterocycles. The minimum atomic E-state index is -4.17. The number of aliphatic hydroxyl groups is 1. The summed E-state index contributed by atoms with van der Waals surface area (Å²) in [6.45, 7) is -1.83. The van der Waals surface area contributed by atoms with Gasteiger partial charge in [0.2, 0.25) is 0 Å². The van der Waals surface area contributed by atoms with Gasteiger partial charge in [0.15, 0.2) is 0 Å². The van der Waals surface area contributed by atoms with E-state index in [0.717, 1.165) is 0 Å². The van der Waals surface area contributed by atoms with Gasteiger partial charge in [-0.25, -0.2) is 8.78 Å². The Morgan fingerprint density at radius 2 is 2.12 bits per heavy atom. The first-order valence-electron chi connectivity index (χ1n) is 4.37. The van der Waals surface area contributed by atoms with Crippen LogP contribution in [0.15, 0.2) is 16.8 Å². The highest BCUT2D eigenvalue weighted by molar-refractivity contribution is 7.07. The van der Waals surface area contributed by atoms with Gasteiger partial charge in [-0.2, -0.15) is 20.1 Å². The maximum Gasteiger partial charge on any atom is 0.330 e. The Balaban J connectivity index is 2.31. The van der Waals surface area contributed by atoms with Gasteiger partial charge in [0, 0.05) is 0 Å². The van der Waals surface area contributed by atoms with Crippen LogP contribution in [0, 0.1) is 0 Å². The Morgan fingerprint density at radius 1 is 1.44 bits per heavy atom. The highest BCUT2D eigenvalue weighted by Gasteiger charge is 2.41. The fourth-order valence-corrected chi connectivity index (χ4v) is 1.64. The fraction of sp³-hybridized carbons (Fsp3) is 0.556. The second kappa shape index (κ2) is 5.60. The topological polar surface area (TPSA) is 29.5 Å². The number of hydrogen-bond donors (Lipinski definition) is 1. The van der Waals surface area contributed by atoms with E-state index < -0.39 is 31.7 Å². The van der Waals surface area contributed by atoms with Gasteiger partial charge in [-0.1, -0.05) is 0 Å². The van der Waals surface area contributed by atoms with Crippen molar-refractivity contribution in [2.75, 3.05) is 13.2 Å². The van der Waals surface area contributed by atoms with Crippen LogP contribution in [0.25, 0.3) is 0 Å². The molecule has 0 aliphatic carbocycles. The summed E-state index contributed by atoms with van der Waals surface area (Å²) in [4.78, 5) is 0. The summed E-state index contributed by atoms with van der Waals surface area (Å²) in [5.74, 6) is -4.17. The Hall–Kier alpha value is -0.660. The smallest absolute Gasteiger partial charge is 0.330 e. The summed E-state index contributed by atoms with van der Waals surface area (Å²) >= 11 is 1.33. The van der Waals surface area contributed by atoms with E-state index in [1.165, 1.54) is 11.3 Å². The minimum Gasteiger partial charge on any atom is -0.386 e. The first-order valence-corrected chi connectivity index (χ1v) is 5.31. The van der Waals surface area contributed by atoms with Crippen molar-refractivity contribution in [2.24, 2.45) is 0 Å². The van der Waals surface area contributed by atoms with Gasteiger partial charge >= 0.3 is 12.3 Å². The molecule has 1 N–H and O–H groups in total. The second-order valence-corrected chi connectivity index (χ2v) is 3.93. The average molecular weight is 258 g/mol. The van der Waals surface area contributed by atoms with Crippen molar-refractivity contribution in [3.05, 3.63) is 22.4 Å². The molecule has 1 aromatic heterocycles. The number of thiophene rings is 1. The SMILES string of the molecule is OC(COCC(F)(F)C(F)F)c1ccsc1. The van der Waals surface area contributed by atoms with Crippen LogP contribution >= 0.6 is 11.3 Å². The molecule has 1 aromatic rings. The van der Waals surface area contributed by atoms with Crippen LogP contribution in [-0.4, -0.2) is 30.7 Å². The van der Waals surface area contributed by atoms with Crippen LogP contribution in [0.5, 0.6) is 0 Å². The molecule has 0 aliphatic rings. The molecule has 1 heterocycles. The van der Waals surface area contributed by atoms with E-state index >= 15 is 0 Å². The van der Waals surface area contributed by atoms with Crippen LogP contribution in [0.4, 0.5) is 17.6 Å². The zero-order valence-electron chi connectivity index (χ0n) is 8.08. The number of halogens is 4. The Kier molecular flexibility index (Phi) is 4.69. The van der Waals surface area contributed by atoms with Crippen LogP contribution in [0.3, 0.4) is 0 Å². The molecule has 16 heavy (non-hydrogen) atoms. The van der Waals surface area contributed by atoms with Crippen LogP contribution < -0.4 is 0 Å². The van der Waals surface area contributed by atoms with Crippen LogP contribution in [0.1, 0.15) is 11.7 Å². The number of ether oxygens (including phenoxy) is 1. The zero-order chi connectivity index (χ0) is 12.2. The van der Waals surface area contributed by atoms with Gasteiger partial charge < -0.3 is 9.84 Å². The number of rotatable bonds is 6. The van der Waals surface area contributed by atoms with Gasteiger partial charge in [0.25, 0.3) is 0 Å². The fourth-order valence-electron chi connectivity index (χ4n) is 0.930. The number of alkyl halides is 4. The van der Waals surface area contributed by atoms with Crippen LogP contribution in [0.2, 0.25) is 0 Å². The second-order valence-electron chi connectivity index (χ2n) is 3.15. The molecule has 0 aliphatic heterocycles. The zero-order valence-corrected chi connectivity index (χ0v) is 8.89. The third kappa shape index (κ3) is 3.73. The molecule has 0 amide bonds. The molecule has 92 valence electrons. The summed E-state index contributed by atoms with van der Waals surface area (Å²) in [6.07, 6.45) is -4.83. The normalized spacial score (nSPS) is 14.4. The summed E-state index contributed by atoms with van der Waals surface area (Å²) in [6, 6.07) is 1.60. The van der Waals surface area contributed by atoms with E-state index in [2.05, 4.69) is 4.74 Å². The van der Waals surface area contributed by atoms with Crippen molar-refractivity contribution in [3.8, 4) is 0 Å².